The lowest BCUT2D eigenvalue weighted by molar-refractivity contribution is 0.0189. The molecular formula is C23H24F2O3. The molecule has 148 valence electrons. The van der Waals surface area contributed by atoms with Crippen LogP contribution in [-0.4, -0.2) is 12.1 Å². The predicted molar refractivity (Wildman–Crippen MR) is 103 cm³/mol. The smallest absolute Gasteiger partial charge is 0.341 e. The standard InChI is InChI=1S/C23H24F2O3/c1-3-14-27-20-13-12-19(21(24)22(20)25)23(26)28-18-10-8-17(9-11-18)16-6-4-15(2)5-7-16/h3-7,12-14,17-18H,8-11H2,1-2H3. The molecule has 0 radical (unpaired) electrons. The molecular weight excluding hydrogens is 362 g/mol. The number of benzene rings is 2. The molecule has 3 nitrogen and oxygen atoms in total. The zero-order valence-corrected chi connectivity index (χ0v) is 16.1. The fraction of sp³-hybridized carbons (Fsp3) is 0.348. The van der Waals surface area contributed by atoms with Crippen molar-refractivity contribution in [2.24, 2.45) is 0 Å². The zero-order chi connectivity index (χ0) is 20.1. The Hall–Kier alpha value is -2.69. The van der Waals surface area contributed by atoms with Gasteiger partial charge in [-0.15, -0.1) is 0 Å². The summed E-state index contributed by atoms with van der Waals surface area (Å²) < 4.78 is 38.7. The van der Waals surface area contributed by atoms with E-state index in [1.807, 2.05) is 0 Å². The Kier molecular flexibility index (Phi) is 6.45. The van der Waals surface area contributed by atoms with Crippen molar-refractivity contribution in [3.05, 3.63) is 77.1 Å². The van der Waals surface area contributed by atoms with E-state index in [0.717, 1.165) is 12.8 Å². The predicted octanol–water partition coefficient (Wildman–Crippen LogP) is 6.07. The van der Waals surface area contributed by atoms with E-state index >= 15 is 0 Å². The number of hydrogen-bond acceptors (Lipinski definition) is 3. The van der Waals surface area contributed by atoms with Crippen LogP contribution in [0.25, 0.3) is 0 Å². The van der Waals surface area contributed by atoms with E-state index < -0.39 is 23.2 Å². The van der Waals surface area contributed by atoms with Crippen molar-refractivity contribution in [3.63, 3.8) is 0 Å². The van der Waals surface area contributed by atoms with Gasteiger partial charge in [-0.05, 0) is 63.1 Å². The van der Waals surface area contributed by atoms with Gasteiger partial charge in [-0.25, -0.2) is 9.18 Å². The van der Waals surface area contributed by atoms with Crippen LogP contribution in [0.5, 0.6) is 5.75 Å². The highest BCUT2D eigenvalue weighted by molar-refractivity contribution is 5.90. The third-order valence-corrected chi connectivity index (χ3v) is 5.09. The lowest BCUT2D eigenvalue weighted by Crippen LogP contribution is -2.24. The minimum atomic E-state index is -1.25. The number of aryl methyl sites for hydroxylation is 1. The second-order valence-electron chi connectivity index (χ2n) is 7.12. The average Bonchev–Trinajstić information content (AvgIpc) is 2.70. The third-order valence-electron chi connectivity index (χ3n) is 5.09. The summed E-state index contributed by atoms with van der Waals surface area (Å²) in [5.74, 6) is -3.12. The Balaban J connectivity index is 1.60. The Morgan fingerprint density at radius 1 is 1.00 bits per heavy atom. The first kappa shape index (κ1) is 20.1. The molecule has 1 aliphatic rings. The fourth-order valence-electron chi connectivity index (χ4n) is 3.49. The van der Waals surface area contributed by atoms with E-state index in [4.69, 9.17) is 9.47 Å². The van der Waals surface area contributed by atoms with Gasteiger partial charge in [0.2, 0.25) is 5.82 Å². The van der Waals surface area contributed by atoms with Crippen LogP contribution < -0.4 is 4.74 Å². The van der Waals surface area contributed by atoms with E-state index in [1.165, 1.54) is 29.5 Å². The number of rotatable bonds is 5. The first-order chi connectivity index (χ1) is 13.5. The molecule has 0 spiro atoms. The summed E-state index contributed by atoms with van der Waals surface area (Å²) in [6.45, 7) is 3.74. The van der Waals surface area contributed by atoms with Crippen LogP contribution in [0.4, 0.5) is 8.78 Å². The summed E-state index contributed by atoms with van der Waals surface area (Å²) in [4.78, 5) is 12.3. The first-order valence-electron chi connectivity index (χ1n) is 9.53. The number of carbonyl (C=O) groups excluding carboxylic acids is 1. The van der Waals surface area contributed by atoms with Crippen molar-refractivity contribution >= 4 is 5.97 Å². The second kappa shape index (κ2) is 9.00. The van der Waals surface area contributed by atoms with Gasteiger partial charge in [-0.2, -0.15) is 4.39 Å². The minimum absolute atomic E-state index is 0.272. The number of esters is 1. The summed E-state index contributed by atoms with van der Waals surface area (Å²) in [7, 11) is 0. The molecule has 0 aliphatic heterocycles. The second-order valence-corrected chi connectivity index (χ2v) is 7.12. The number of carbonyl (C=O) groups is 1. The van der Waals surface area contributed by atoms with E-state index in [1.54, 1.807) is 13.0 Å². The number of allylic oxidation sites excluding steroid dienone is 1. The Morgan fingerprint density at radius 2 is 1.68 bits per heavy atom. The number of hydrogen-bond donors (Lipinski definition) is 0. The van der Waals surface area contributed by atoms with Crippen molar-refractivity contribution in [2.45, 2.75) is 51.6 Å². The molecule has 0 saturated heterocycles. The fourth-order valence-corrected chi connectivity index (χ4v) is 3.49. The monoisotopic (exact) mass is 386 g/mol. The van der Waals surface area contributed by atoms with Gasteiger partial charge in [-0.1, -0.05) is 35.9 Å². The molecule has 3 rings (SSSR count). The van der Waals surface area contributed by atoms with Crippen LogP contribution in [0, 0.1) is 18.6 Å². The molecule has 0 heterocycles. The maximum absolute atomic E-state index is 14.2. The van der Waals surface area contributed by atoms with Crippen LogP contribution in [0.2, 0.25) is 0 Å². The Morgan fingerprint density at radius 3 is 2.32 bits per heavy atom. The summed E-state index contributed by atoms with van der Waals surface area (Å²) >= 11 is 0. The molecule has 0 amide bonds. The molecule has 0 N–H and O–H groups in total. The molecule has 0 bridgehead atoms. The normalized spacial score (nSPS) is 19.6. The SMILES string of the molecule is CC=COc1ccc(C(=O)OC2CCC(c3ccc(C)cc3)CC2)c(F)c1F. The minimum Gasteiger partial charge on any atom is -0.462 e. The van der Waals surface area contributed by atoms with Gasteiger partial charge in [-0.3, -0.25) is 0 Å². The first-order valence-corrected chi connectivity index (χ1v) is 9.53. The van der Waals surface area contributed by atoms with Gasteiger partial charge in [0.15, 0.2) is 11.6 Å². The summed E-state index contributed by atoms with van der Waals surface area (Å²) in [5, 5.41) is 0. The zero-order valence-electron chi connectivity index (χ0n) is 16.1. The maximum Gasteiger partial charge on any atom is 0.341 e. The largest absolute Gasteiger partial charge is 0.462 e. The van der Waals surface area contributed by atoms with E-state index in [9.17, 15) is 13.6 Å². The molecule has 1 fully saturated rings. The Labute approximate surface area is 164 Å². The van der Waals surface area contributed by atoms with Crippen LogP contribution >= 0.6 is 0 Å². The van der Waals surface area contributed by atoms with Gasteiger partial charge >= 0.3 is 5.97 Å². The molecule has 2 aromatic carbocycles. The average molecular weight is 386 g/mol. The number of halogens is 2. The lowest BCUT2D eigenvalue weighted by Gasteiger charge is -2.28. The van der Waals surface area contributed by atoms with Crippen molar-refractivity contribution in [1.82, 2.24) is 0 Å². The highest BCUT2D eigenvalue weighted by Gasteiger charge is 2.27. The molecule has 2 aromatic rings. The molecule has 1 aliphatic carbocycles. The molecule has 0 unspecified atom stereocenters. The summed E-state index contributed by atoms with van der Waals surface area (Å²) in [5.41, 5.74) is 2.11. The molecule has 28 heavy (non-hydrogen) atoms. The quantitative estimate of drug-likeness (QED) is 0.462. The summed E-state index contributed by atoms with van der Waals surface area (Å²) in [6.07, 6.45) is 5.71. The van der Waals surface area contributed by atoms with E-state index in [2.05, 4.69) is 31.2 Å². The topological polar surface area (TPSA) is 35.5 Å². The highest BCUT2D eigenvalue weighted by Crippen LogP contribution is 2.34. The van der Waals surface area contributed by atoms with Crippen molar-refractivity contribution in [2.75, 3.05) is 0 Å². The van der Waals surface area contributed by atoms with Crippen LogP contribution in [-0.2, 0) is 4.74 Å². The molecule has 0 aromatic heterocycles. The third kappa shape index (κ3) is 4.58. The number of ether oxygens (including phenoxy) is 2. The van der Waals surface area contributed by atoms with E-state index in [0.29, 0.717) is 18.8 Å². The molecule has 5 heteroatoms. The summed E-state index contributed by atoms with van der Waals surface area (Å²) in [6, 6.07) is 10.9. The van der Waals surface area contributed by atoms with Crippen molar-refractivity contribution in [3.8, 4) is 5.75 Å². The van der Waals surface area contributed by atoms with Gasteiger partial charge in [0.25, 0.3) is 0 Å². The van der Waals surface area contributed by atoms with Gasteiger partial charge in [0, 0.05) is 0 Å². The highest BCUT2D eigenvalue weighted by atomic mass is 19.2. The maximum atomic E-state index is 14.2. The molecule has 1 saturated carbocycles. The van der Waals surface area contributed by atoms with E-state index in [-0.39, 0.29) is 11.9 Å². The van der Waals surface area contributed by atoms with Crippen molar-refractivity contribution in [1.29, 1.82) is 0 Å². The Bertz CT molecular complexity index is 851. The van der Waals surface area contributed by atoms with Crippen LogP contribution in [0.15, 0.2) is 48.7 Å². The van der Waals surface area contributed by atoms with Crippen LogP contribution in [0.1, 0.15) is 60.0 Å². The van der Waals surface area contributed by atoms with Crippen LogP contribution in [0.3, 0.4) is 0 Å². The molecule has 0 atom stereocenters. The van der Waals surface area contributed by atoms with Gasteiger partial charge in [0.05, 0.1) is 11.8 Å². The lowest BCUT2D eigenvalue weighted by atomic mass is 9.82. The van der Waals surface area contributed by atoms with Gasteiger partial charge in [0.1, 0.15) is 6.10 Å². The van der Waals surface area contributed by atoms with Gasteiger partial charge < -0.3 is 9.47 Å². The van der Waals surface area contributed by atoms with Crippen molar-refractivity contribution < 1.29 is 23.0 Å².